The maximum absolute atomic E-state index is 14.9. The van der Waals surface area contributed by atoms with Gasteiger partial charge in [0.2, 0.25) is 11.8 Å². The van der Waals surface area contributed by atoms with E-state index in [1.54, 1.807) is 48.3 Å². The average Bonchev–Trinajstić information content (AvgIpc) is 3.12. The summed E-state index contributed by atoms with van der Waals surface area (Å²) in [6, 6.07) is 8.84. The Morgan fingerprint density at radius 3 is 2.67 bits per heavy atom. The number of pyridine rings is 2. The molecule has 8 nitrogen and oxygen atoms in total. The maximum atomic E-state index is 14.9. The summed E-state index contributed by atoms with van der Waals surface area (Å²) in [6.07, 6.45) is 3.98. The second-order valence-corrected chi connectivity index (χ2v) is 8.16. The molecule has 1 aromatic carbocycles. The highest BCUT2D eigenvalue weighted by atomic mass is 19.1. The zero-order valence-electron chi connectivity index (χ0n) is 18.6. The second-order valence-electron chi connectivity index (χ2n) is 8.16. The smallest absolute Gasteiger partial charge is 0.244 e. The number of amides is 1. The van der Waals surface area contributed by atoms with Crippen molar-refractivity contribution < 1.29 is 13.9 Å². The molecule has 0 fully saturated rings. The van der Waals surface area contributed by atoms with E-state index in [4.69, 9.17) is 4.74 Å². The first-order valence-corrected chi connectivity index (χ1v) is 10.6. The van der Waals surface area contributed by atoms with Crippen molar-refractivity contribution in [2.45, 2.75) is 19.9 Å². The first-order valence-electron chi connectivity index (χ1n) is 10.6. The molecule has 0 bridgehead atoms. The van der Waals surface area contributed by atoms with E-state index in [2.05, 4.69) is 20.4 Å². The third-order valence-electron chi connectivity index (χ3n) is 5.93. The number of carbonyl (C=O) groups excluding carboxylic acids is 1. The van der Waals surface area contributed by atoms with Crippen molar-refractivity contribution in [3.05, 3.63) is 59.8 Å². The SMILES string of the molecule is COc1cc(C)c(-c2cc3cc(Nc4cc5n(n4)CC(=O)N(C)CC5)ncc3cc2F)cn1. The van der Waals surface area contributed by atoms with Crippen molar-refractivity contribution in [2.24, 2.45) is 0 Å². The first kappa shape index (κ1) is 20.9. The second kappa shape index (κ2) is 8.16. The van der Waals surface area contributed by atoms with Crippen LogP contribution in [0.4, 0.5) is 16.0 Å². The molecule has 1 aliphatic heterocycles. The summed E-state index contributed by atoms with van der Waals surface area (Å²) in [5.74, 6) is 1.38. The fourth-order valence-electron chi connectivity index (χ4n) is 4.01. The number of nitrogens with zero attached hydrogens (tertiary/aromatic N) is 5. The Bertz CT molecular complexity index is 1380. The number of carbonyl (C=O) groups is 1. The Morgan fingerprint density at radius 1 is 1.03 bits per heavy atom. The minimum absolute atomic E-state index is 0.0325. The van der Waals surface area contributed by atoms with Crippen molar-refractivity contribution in [3.63, 3.8) is 0 Å². The summed E-state index contributed by atoms with van der Waals surface area (Å²) in [5, 5.41) is 9.25. The van der Waals surface area contributed by atoms with Crippen LogP contribution in [0.1, 0.15) is 11.3 Å². The maximum Gasteiger partial charge on any atom is 0.244 e. The highest BCUT2D eigenvalue weighted by Crippen LogP contribution is 2.31. The van der Waals surface area contributed by atoms with E-state index < -0.39 is 0 Å². The van der Waals surface area contributed by atoms with Crippen LogP contribution >= 0.6 is 0 Å². The van der Waals surface area contributed by atoms with Crippen LogP contribution in [0.15, 0.2) is 42.7 Å². The minimum atomic E-state index is -0.340. The number of aryl methyl sites for hydroxylation is 1. The topological polar surface area (TPSA) is 85.2 Å². The summed E-state index contributed by atoms with van der Waals surface area (Å²) in [5.41, 5.74) is 3.02. The van der Waals surface area contributed by atoms with Crippen LogP contribution in [-0.4, -0.2) is 51.3 Å². The standard InChI is InChI=1S/C24H23FN6O2/c1-14-6-23(33-3)27-12-19(14)18-7-15-9-21(26-11-16(15)8-20(18)25)28-22-10-17-4-5-30(2)24(32)13-31(17)29-22/h6-12H,4-5,13H2,1-3H3,(H,26,28,29). The largest absolute Gasteiger partial charge is 0.481 e. The van der Waals surface area contributed by atoms with Gasteiger partial charge < -0.3 is 15.0 Å². The first-order chi connectivity index (χ1) is 15.9. The Labute approximate surface area is 190 Å². The number of hydrogen-bond acceptors (Lipinski definition) is 6. The fraction of sp³-hybridized carbons (Fsp3) is 0.250. The minimum Gasteiger partial charge on any atom is -0.481 e. The molecule has 3 aromatic heterocycles. The lowest BCUT2D eigenvalue weighted by atomic mass is 9.99. The van der Waals surface area contributed by atoms with Crippen molar-refractivity contribution in [1.29, 1.82) is 0 Å². The van der Waals surface area contributed by atoms with Gasteiger partial charge in [0, 0.05) is 66.7 Å². The van der Waals surface area contributed by atoms with Crippen molar-refractivity contribution in [1.82, 2.24) is 24.6 Å². The average molecular weight is 446 g/mol. The number of ether oxygens (including phenoxy) is 1. The van der Waals surface area contributed by atoms with Gasteiger partial charge in [-0.05, 0) is 36.1 Å². The number of benzene rings is 1. The van der Waals surface area contributed by atoms with Crippen LogP contribution < -0.4 is 10.1 Å². The number of rotatable bonds is 4. The molecule has 0 aliphatic carbocycles. The Kier molecular flexibility index (Phi) is 5.16. The number of anilines is 2. The summed E-state index contributed by atoms with van der Waals surface area (Å²) in [7, 11) is 3.35. The van der Waals surface area contributed by atoms with Gasteiger partial charge >= 0.3 is 0 Å². The highest BCUT2D eigenvalue weighted by molar-refractivity contribution is 5.89. The van der Waals surface area contributed by atoms with E-state index in [-0.39, 0.29) is 18.3 Å². The molecular weight excluding hydrogens is 423 g/mol. The zero-order chi connectivity index (χ0) is 23.1. The van der Waals surface area contributed by atoms with Crippen molar-refractivity contribution in [2.75, 3.05) is 26.0 Å². The van der Waals surface area contributed by atoms with E-state index in [1.807, 2.05) is 19.1 Å². The lowest BCUT2D eigenvalue weighted by Crippen LogP contribution is -2.29. The normalized spacial score (nSPS) is 13.7. The predicted molar refractivity (Wildman–Crippen MR) is 123 cm³/mol. The lowest BCUT2D eigenvalue weighted by molar-refractivity contribution is -0.130. The lowest BCUT2D eigenvalue weighted by Gasteiger charge is -2.12. The van der Waals surface area contributed by atoms with Gasteiger partial charge in [-0.2, -0.15) is 5.10 Å². The van der Waals surface area contributed by atoms with Gasteiger partial charge in [-0.3, -0.25) is 9.48 Å². The van der Waals surface area contributed by atoms with E-state index in [0.29, 0.717) is 40.6 Å². The summed E-state index contributed by atoms with van der Waals surface area (Å²) in [4.78, 5) is 22.5. The van der Waals surface area contributed by atoms with E-state index >= 15 is 0 Å². The van der Waals surface area contributed by atoms with Crippen LogP contribution in [0.5, 0.6) is 5.88 Å². The van der Waals surface area contributed by atoms with Crippen molar-refractivity contribution in [3.8, 4) is 17.0 Å². The third kappa shape index (κ3) is 3.97. The van der Waals surface area contributed by atoms with Crippen LogP contribution in [0.2, 0.25) is 0 Å². The van der Waals surface area contributed by atoms with Gasteiger partial charge in [-0.15, -0.1) is 0 Å². The molecule has 33 heavy (non-hydrogen) atoms. The molecule has 0 saturated carbocycles. The Balaban J connectivity index is 1.46. The monoisotopic (exact) mass is 446 g/mol. The molecule has 9 heteroatoms. The highest BCUT2D eigenvalue weighted by Gasteiger charge is 2.19. The quantitative estimate of drug-likeness (QED) is 0.515. The molecule has 1 aliphatic rings. The fourth-order valence-corrected chi connectivity index (χ4v) is 4.01. The van der Waals surface area contributed by atoms with E-state index in [0.717, 1.165) is 23.1 Å². The molecule has 1 amide bonds. The number of methoxy groups -OCH3 is 1. The van der Waals surface area contributed by atoms with E-state index in [9.17, 15) is 9.18 Å². The molecular formula is C24H23FN6O2. The molecule has 0 atom stereocenters. The van der Waals surface area contributed by atoms with E-state index in [1.165, 1.54) is 6.07 Å². The third-order valence-corrected chi connectivity index (χ3v) is 5.93. The molecule has 0 unspecified atom stereocenters. The summed E-state index contributed by atoms with van der Waals surface area (Å²) >= 11 is 0. The van der Waals surface area contributed by atoms with Gasteiger partial charge in [0.15, 0.2) is 5.82 Å². The molecule has 0 saturated heterocycles. The number of likely N-dealkylation sites (N-methyl/N-ethyl adjacent to an activating group) is 1. The Morgan fingerprint density at radius 2 is 1.88 bits per heavy atom. The van der Waals surface area contributed by atoms with Crippen LogP contribution in [-0.2, 0) is 17.8 Å². The van der Waals surface area contributed by atoms with Gasteiger partial charge in [-0.25, -0.2) is 14.4 Å². The predicted octanol–water partition coefficient (Wildman–Crippen LogP) is 3.71. The van der Waals surface area contributed by atoms with Crippen LogP contribution in [0, 0.1) is 12.7 Å². The Hall–Kier alpha value is -4.01. The molecule has 0 radical (unpaired) electrons. The summed E-state index contributed by atoms with van der Waals surface area (Å²) in [6.45, 7) is 2.77. The zero-order valence-corrected chi connectivity index (χ0v) is 18.6. The van der Waals surface area contributed by atoms with Gasteiger partial charge in [0.05, 0.1) is 7.11 Å². The number of halogens is 1. The summed E-state index contributed by atoms with van der Waals surface area (Å²) < 4.78 is 21.8. The number of hydrogen-bond donors (Lipinski definition) is 1. The number of nitrogens with one attached hydrogen (secondary N) is 1. The number of fused-ring (bicyclic) bond motifs is 2. The van der Waals surface area contributed by atoms with Gasteiger partial charge in [0.1, 0.15) is 18.2 Å². The molecule has 168 valence electrons. The molecule has 4 heterocycles. The molecule has 1 N–H and O–H groups in total. The molecule has 0 spiro atoms. The van der Waals surface area contributed by atoms with Crippen LogP contribution in [0.3, 0.4) is 0 Å². The van der Waals surface area contributed by atoms with Gasteiger partial charge in [-0.1, -0.05) is 0 Å². The van der Waals surface area contributed by atoms with Crippen molar-refractivity contribution >= 4 is 28.3 Å². The van der Waals surface area contributed by atoms with Crippen LogP contribution in [0.25, 0.3) is 21.9 Å². The molecule has 5 rings (SSSR count). The van der Waals surface area contributed by atoms with Gasteiger partial charge in [0.25, 0.3) is 0 Å². The molecule has 4 aromatic rings. The number of aromatic nitrogens is 4.